The van der Waals surface area contributed by atoms with E-state index in [1.54, 1.807) is 0 Å². The highest BCUT2D eigenvalue weighted by atomic mass is 14.6. The number of aromatic nitrogens is 3. The van der Waals surface area contributed by atoms with Gasteiger partial charge in [0.2, 0.25) is 0 Å². The zero-order valence-corrected chi connectivity index (χ0v) is 49.0. The van der Waals surface area contributed by atoms with E-state index in [1.807, 2.05) is 37.2 Å². The molecule has 7 aromatic rings. The zero-order chi connectivity index (χ0) is 54.1. The van der Waals surface area contributed by atoms with E-state index in [2.05, 4.69) is 145 Å². The number of hydrogen-bond acceptors (Lipinski definition) is 3. The molecule has 0 aliphatic heterocycles. The van der Waals surface area contributed by atoms with Gasteiger partial charge in [-0.25, -0.2) is 0 Å². The minimum Gasteiger partial charge on any atom is -0.265 e. The second-order valence-electron chi connectivity index (χ2n) is 22.8. The van der Waals surface area contributed by atoms with E-state index < -0.39 is 0 Å². The Hall–Kier alpha value is -5.67. The Morgan fingerprint density at radius 3 is 0.551 bits per heavy atom. The Morgan fingerprint density at radius 1 is 0.192 bits per heavy atom. The highest BCUT2D eigenvalue weighted by molar-refractivity contribution is 6.15. The summed E-state index contributed by atoms with van der Waals surface area (Å²) in [7, 11) is 0. The zero-order valence-electron chi connectivity index (χ0n) is 49.0. The molecule has 0 saturated carbocycles. The lowest BCUT2D eigenvalue weighted by atomic mass is 9.74. The van der Waals surface area contributed by atoms with Gasteiger partial charge in [0.05, 0.1) is 0 Å². The molecule has 7 rings (SSSR count). The van der Waals surface area contributed by atoms with Crippen LogP contribution in [0, 0.1) is 0 Å². The van der Waals surface area contributed by atoms with Crippen LogP contribution in [0.25, 0.3) is 66.8 Å². The number of unbranched alkanes of at least 4 members (excludes halogenated alkanes) is 27. The monoisotopic (exact) mass is 1040 g/mol. The molecular formula is C75H99N3. The van der Waals surface area contributed by atoms with Crippen molar-refractivity contribution in [3.63, 3.8) is 0 Å². The van der Waals surface area contributed by atoms with Gasteiger partial charge in [0.1, 0.15) is 0 Å². The van der Waals surface area contributed by atoms with Crippen molar-refractivity contribution < 1.29 is 0 Å². The summed E-state index contributed by atoms with van der Waals surface area (Å²) in [6, 6.07) is 42.3. The summed E-state index contributed by atoms with van der Waals surface area (Å²) < 4.78 is 0. The maximum Gasteiger partial charge on any atom is 0.0273 e. The number of rotatable bonds is 39. The van der Waals surface area contributed by atoms with Crippen molar-refractivity contribution in [2.24, 2.45) is 0 Å². The third-order valence-corrected chi connectivity index (χ3v) is 16.6. The quantitative estimate of drug-likeness (QED) is 0.0361. The molecule has 0 aliphatic carbocycles. The molecule has 3 nitrogen and oxygen atoms in total. The number of benzene rings is 4. The number of aryl methyl sites for hydroxylation is 3. The lowest BCUT2D eigenvalue weighted by molar-refractivity contribution is 0.556. The van der Waals surface area contributed by atoms with Gasteiger partial charge in [0.25, 0.3) is 0 Å². The van der Waals surface area contributed by atoms with Crippen LogP contribution in [0.3, 0.4) is 0 Å². The average Bonchev–Trinajstić information content (AvgIpc) is 3.68. The Bertz CT molecular complexity index is 2650. The lowest BCUT2D eigenvalue weighted by Gasteiger charge is -2.29. The largest absolute Gasteiger partial charge is 0.265 e. The van der Waals surface area contributed by atoms with E-state index in [0.717, 1.165) is 36.0 Å². The van der Waals surface area contributed by atoms with Crippen LogP contribution in [0.2, 0.25) is 0 Å². The lowest BCUT2D eigenvalue weighted by Crippen LogP contribution is -2.03. The Balaban J connectivity index is 1.28. The van der Waals surface area contributed by atoms with Crippen molar-refractivity contribution in [3.8, 4) is 66.8 Å². The summed E-state index contributed by atoms with van der Waals surface area (Å²) in [6.07, 6.45) is 55.7. The molecule has 4 aromatic carbocycles. The van der Waals surface area contributed by atoms with E-state index >= 15 is 0 Å². The van der Waals surface area contributed by atoms with Gasteiger partial charge in [0.15, 0.2) is 0 Å². The van der Waals surface area contributed by atoms with Gasteiger partial charge in [-0.1, -0.05) is 267 Å². The molecule has 3 aromatic heterocycles. The summed E-state index contributed by atoms with van der Waals surface area (Å²) in [4.78, 5) is 13.8. The Kier molecular flexibility index (Phi) is 27.5. The van der Waals surface area contributed by atoms with E-state index in [-0.39, 0.29) is 0 Å². The van der Waals surface area contributed by atoms with Crippen LogP contribution >= 0.6 is 0 Å². The molecule has 0 unspecified atom stereocenters. The van der Waals surface area contributed by atoms with Crippen LogP contribution < -0.4 is 0 Å². The predicted molar refractivity (Wildman–Crippen MR) is 339 cm³/mol. The van der Waals surface area contributed by atoms with E-state index in [9.17, 15) is 0 Å². The van der Waals surface area contributed by atoms with E-state index in [4.69, 9.17) is 0 Å². The van der Waals surface area contributed by atoms with Crippen molar-refractivity contribution in [1.82, 2.24) is 15.0 Å². The normalized spacial score (nSPS) is 11.4. The molecule has 3 heterocycles. The molecule has 0 N–H and O–H groups in total. The van der Waals surface area contributed by atoms with Crippen molar-refractivity contribution in [3.05, 3.63) is 163 Å². The fourth-order valence-electron chi connectivity index (χ4n) is 12.0. The first-order valence-corrected chi connectivity index (χ1v) is 31.9. The van der Waals surface area contributed by atoms with Gasteiger partial charge >= 0.3 is 0 Å². The molecule has 414 valence electrons. The van der Waals surface area contributed by atoms with Gasteiger partial charge in [-0.2, -0.15) is 0 Å². The Morgan fingerprint density at radius 2 is 0.359 bits per heavy atom. The molecule has 0 saturated heterocycles. The molecule has 0 spiro atoms. The second-order valence-corrected chi connectivity index (χ2v) is 22.8. The van der Waals surface area contributed by atoms with Crippen molar-refractivity contribution in [1.29, 1.82) is 0 Å². The predicted octanol–water partition coefficient (Wildman–Crippen LogP) is 23.3. The minimum absolute atomic E-state index is 1.11. The summed E-state index contributed by atoms with van der Waals surface area (Å²) in [5.41, 5.74) is 18.8. The third-order valence-electron chi connectivity index (χ3n) is 16.6. The fraction of sp³-hybridized carbons (Fsp3) is 0.480. The van der Waals surface area contributed by atoms with Crippen LogP contribution in [-0.2, 0) is 19.3 Å². The van der Waals surface area contributed by atoms with Gasteiger partial charge in [-0.15, -0.1) is 0 Å². The van der Waals surface area contributed by atoms with Crippen LogP contribution in [0.15, 0.2) is 146 Å². The first-order valence-electron chi connectivity index (χ1n) is 31.9. The molecule has 0 fully saturated rings. The molecule has 78 heavy (non-hydrogen) atoms. The molecule has 0 aliphatic rings. The van der Waals surface area contributed by atoms with Crippen molar-refractivity contribution in [2.45, 2.75) is 233 Å². The number of nitrogens with zero attached hydrogens (tertiary/aromatic N) is 3. The van der Waals surface area contributed by atoms with E-state index in [1.165, 1.54) is 259 Å². The van der Waals surface area contributed by atoms with Crippen LogP contribution in [0.4, 0.5) is 0 Å². The summed E-state index contributed by atoms with van der Waals surface area (Å²) in [5, 5.41) is 0. The maximum atomic E-state index is 4.61. The van der Waals surface area contributed by atoms with E-state index in [0.29, 0.717) is 0 Å². The van der Waals surface area contributed by atoms with Crippen LogP contribution in [-0.4, -0.2) is 15.0 Å². The van der Waals surface area contributed by atoms with Crippen LogP contribution in [0.5, 0.6) is 0 Å². The average molecular weight is 1040 g/mol. The molecule has 0 amide bonds. The van der Waals surface area contributed by atoms with Crippen LogP contribution in [0.1, 0.15) is 230 Å². The maximum absolute atomic E-state index is 4.61. The van der Waals surface area contributed by atoms with Crippen molar-refractivity contribution >= 4 is 0 Å². The first-order chi connectivity index (χ1) is 38.7. The summed E-state index contributed by atoms with van der Waals surface area (Å²) in [6.45, 7) is 6.91. The molecule has 0 radical (unpaired) electrons. The van der Waals surface area contributed by atoms with Gasteiger partial charge in [-0.05, 0) is 158 Å². The molecule has 0 atom stereocenters. The molecule has 0 bridgehead atoms. The summed E-state index contributed by atoms with van der Waals surface area (Å²) in [5.74, 6) is 0. The fourth-order valence-corrected chi connectivity index (χ4v) is 12.0. The third kappa shape index (κ3) is 19.3. The smallest absolute Gasteiger partial charge is 0.0273 e. The summed E-state index contributed by atoms with van der Waals surface area (Å²) >= 11 is 0. The number of pyridine rings is 3. The first kappa shape index (κ1) is 60.0. The van der Waals surface area contributed by atoms with Gasteiger partial charge < -0.3 is 0 Å². The second kappa shape index (κ2) is 35.8. The van der Waals surface area contributed by atoms with Gasteiger partial charge in [0, 0.05) is 37.2 Å². The molecular weight excluding hydrogens is 943 g/mol. The number of hydrogen-bond donors (Lipinski definition) is 0. The SMILES string of the molecule is CCCCCCCCCCCCc1ccc(-c2c(-c3ccncc3)c(-c3ccncc3)c(-c3ccc(CCCCCCCCCCCC)cc3)c(-c3ccc(CCCCCCCCCCCC)cc3)c2-c2ccncc2)cc1. The molecule has 3 heteroatoms. The standard InChI is InChI=1S/C75H99N3/c1-4-7-10-13-16-19-22-25-28-31-34-61-37-43-64(44-38-61)70-71(65-45-39-62(40-46-65)35-32-29-26-23-20-17-14-11-8-5-2)74(68-51-57-77-58-52-68)75(69-53-59-78-60-54-69)72(73(70)67-49-55-76-56-50-67)66-47-41-63(42-48-66)36-33-30-27-24-21-18-15-12-9-6-3/h37-60H,4-36H2,1-3H3. The highest BCUT2D eigenvalue weighted by Crippen LogP contribution is 2.56. The highest BCUT2D eigenvalue weighted by Gasteiger charge is 2.29. The Labute approximate surface area is 475 Å². The van der Waals surface area contributed by atoms with Crippen molar-refractivity contribution in [2.75, 3.05) is 0 Å². The topological polar surface area (TPSA) is 38.7 Å². The van der Waals surface area contributed by atoms with Gasteiger partial charge in [-0.3, -0.25) is 15.0 Å². The minimum atomic E-state index is 1.11.